The van der Waals surface area contributed by atoms with Gasteiger partial charge in [0, 0.05) is 37.3 Å². The molecular formula is C24H29N5O3S. The van der Waals surface area contributed by atoms with Crippen molar-refractivity contribution in [3.05, 3.63) is 35.4 Å². The number of aromatic nitrogens is 1. The molecule has 33 heavy (non-hydrogen) atoms. The number of pyridine rings is 1. The average Bonchev–Trinajstić information content (AvgIpc) is 3.22. The first-order valence-corrected chi connectivity index (χ1v) is 12.2. The first-order chi connectivity index (χ1) is 16.1. The van der Waals surface area contributed by atoms with Crippen molar-refractivity contribution < 1.29 is 14.2 Å². The van der Waals surface area contributed by atoms with E-state index >= 15 is 0 Å². The van der Waals surface area contributed by atoms with Crippen LogP contribution in [-0.2, 0) is 4.74 Å². The molecule has 1 aromatic carbocycles. The van der Waals surface area contributed by atoms with Crippen LogP contribution in [0.5, 0.6) is 11.5 Å². The third-order valence-electron chi connectivity index (χ3n) is 6.16. The van der Waals surface area contributed by atoms with E-state index in [1.165, 1.54) is 11.1 Å². The van der Waals surface area contributed by atoms with Crippen LogP contribution in [0.3, 0.4) is 0 Å². The van der Waals surface area contributed by atoms with E-state index in [0.717, 1.165) is 48.3 Å². The summed E-state index contributed by atoms with van der Waals surface area (Å²) in [4.78, 5) is 17.2. The molecule has 0 radical (unpaired) electrons. The van der Waals surface area contributed by atoms with Gasteiger partial charge in [0.2, 0.25) is 0 Å². The second-order valence-corrected chi connectivity index (χ2v) is 9.28. The summed E-state index contributed by atoms with van der Waals surface area (Å²) in [5.41, 5.74) is 4.25. The Morgan fingerprint density at radius 1 is 1.12 bits per heavy atom. The minimum absolute atomic E-state index is 0.0408. The molecule has 174 valence electrons. The van der Waals surface area contributed by atoms with Crippen molar-refractivity contribution in [1.82, 2.24) is 15.2 Å². The Labute approximate surface area is 198 Å². The van der Waals surface area contributed by atoms with Crippen LogP contribution in [0.25, 0.3) is 11.3 Å². The number of hydrogen-bond donors (Lipinski definition) is 1. The Kier molecular flexibility index (Phi) is 6.16. The predicted octanol–water partition coefficient (Wildman–Crippen LogP) is 3.30. The molecule has 8 nitrogen and oxygen atoms in total. The molecular weight excluding hydrogens is 438 g/mol. The van der Waals surface area contributed by atoms with Crippen LogP contribution in [0, 0.1) is 6.92 Å². The highest BCUT2D eigenvalue weighted by Gasteiger charge is 2.44. The summed E-state index contributed by atoms with van der Waals surface area (Å²) in [6.45, 7) is 8.42. The molecule has 1 N–H and O–H groups in total. The van der Waals surface area contributed by atoms with Crippen molar-refractivity contribution in [2.45, 2.75) is 30.2 Å². The zero-order valence-electron chi connectivity index (χ0n) is 19.4. The Hall–Kier alpha value is -2.78. The van der Waals surface area contributed by atoms with Crippen molar-refractivity contribution in [2.75, 3.05) is 47.0 Å². The highest BCUT2D eigenvalue weighted by Crippen LogP contribution is 2.50. The predicted molar refractivity (Wildman–Crippen MR) is 131 cm³/mol. The normalized spacial score (nSPS) is 21.6. The Morgan fingerprint density at radius 3 is 2.64 bits per heavy atom. The fourth-order valence-electron chi connectivity index (χ4n) is 4.56. The highest BCUT2D eigenvalue weighted by atomic mass is 32.2. The SMILES string of the molecule is CCOC1=NC2c3c(C)cc(-c4ccc(OC)c(OC)c4)nc3SC2C(N2CCNCC2)=N1. The first kappa shape index (κ1) is 22.0. The van der Waals surface area contributed by atoms with E-state index in [-0.39, 0.29) is 11.3 Å². The van der Waals surface area contributed by atoms with Gasteiger partial charge in [-0.3, -0.25) is 0 Å². The lowest BCUT2D eigenvalue weighted by Crippen LogP contribution is -2.50. The summed E-state index contributed by atoms with van der Waals surface area (Å²) in [7, 11) is 3.29. The van der Waals surface area contributed by atoms with Crippen LogP contribution < -0.4 is 14.8 Å². The number of ether oxygens (including phenoxy) is 3. The number of piperazine rings is 1. The van der Waals surface area contributed by atoms with Crippen molar-refractivity contribution in [2.24, 2.45) is 9.98 Å². The molecule has 1 saturated heterocycles. The fourth-order valence-corrected chi connectivity index (χ4v) is 5.99. The molecule has 0 bridgehead atoms. The van der Waals surface area contributed by atoms with E-state index in [1.807, 2.05) is 25.1 Å². The Bertz CT molecular complexity index is 1110. The summed E-state index contributed by atoms with van der Waals surface area (Å²) < 4.78 is 16.7. The third-order valence-corrected chi connectivity index (χ3v) is 7.42. The van der Waals surface area contributed by atoms with E-state index in [4.69, 9.17) is 29.2 Å². The summed E-state index contributed by atoms with van der Waals surface area (Å²) in [5.74, 6) is 2.44. The minimum atomic E-state index is -0.0408. The van der Waals surface area contributed by atoms with Crippen molar-refractivity contribution in [3.63, 3.8) is 0 Å². The highest BCUT2D eigenvalue weighted by molar-refractivity contribution is 8.01. The third kappa shape index (κ3) is 4.04. The van der Waals surface area contributed by atoms with Gasteiger partial charge in [0.15, 0.2) is 11.5 Å². The van der Waals surface area contributed by atoms with Crippen LogP contribution in [-0.4, -0.2) is 74.0 Å². The Morgan fingerprint density at radius 2 is 1.91 bits per heavy atom. The minimum Gasteiger partial charge on any atom is -0.493 e. The van der Waals surface area contributed by atoms with Crippen LogP contribution in [0.2, 0.25) is 0 Å². The number of hydrogen-bond acceptors (Lipinski definition) is 9. The van der Waals surface area contributed by atoms with E-state index < -0.39 is 0 Å². The molecule has 0 saturated carbocycles. The number of nitrogens with zero attached hydrogens (tertiary/aromatic N) is 4. The van der Waals surface area contributed by atoms with E-state index in [9.17, 15) is 0 Å². The topological polar surface area (TPSA) is 80.6 Å². The number of thioether (sulfide) groups is 1. The van der Waals surface area contributed by atoms with Gasteiger partial charge in [-0.25, -0.2) is 9.98 Å². The molecule has 3 aliphatic heterocycles. The zero-order chi connectivity index (χ0) is 22.9. The van der Waals surface area contributed by atoms with Gasteiger partial charge in [0.1, 0.15) is 16.9 Å². The Balaban J connectivity index is 1.53. The monoisotopic (exact) mass is 467 g/mol. The number of fused-ring (bicyclic) bond motifs is 3. The molecule has 0 amide bonds. The van der Waals surface area contributed by atoms with Gasteiger partial charge in [-0.2, -0.15) is 4.99 Å². The summed E-state index contributed by atoms with van der Waals surface area (Å²) in [6.07, 6.45) is 0. The average molecular weight is 468 g/mol. The number of aryl methyl sites for hydroxylation is 1. The van der Waals surface area contributed by atoms with Crippen LogP contribution in [0.4, 0.5) is 0 Å². The number of amidine groups is 2. The molecule has 3 aliphatic rings. The van der Waals surface area contributed by atoms with Crippen molar-refractivity contribution in [1.29, 1.82) is 0 Å². The number of methoxy groups -OCH3 is 2. The van der Waals surface area contributed by atoms with E-state index in [0.29, 0.717) is 24.1 Å². The lowest BCUT2D eigenvalue weighted by molar-refractivity contribution is 0.310. The van der Waals surface area contributed by atoms with Gasteiger partial charge in [-0.05, 0) is 43.7 Å². The quantitative estimate of drug-likeness (QED) is 0.739. The fraction of sp³-hybridized carbons (Fsp3) is 0.458. The van der Waals surface area contributed by atoms with Crippen LogP contribution >= 0.6 is 11.8 Å². The molecule has 0 spiro atoms. The summed E-state index contributed by atoms with van der Waals surface area (Å²) >= 11 is 1.76. The summed E-state index contributed by atoms with van der Waals surface area (Å²) in [5, 5.41) is 4.54. The van der Waals surface area contributed by atoms with Crippen LogP contribution in [0.15, 0.2) is 39.3 Å². The molecule has 2 aromatic rings. The molecule has 5 rings (SSSR count). The lowest BCUT2D eigenvalue weighted by Gasteiger charge is -2.35. The second kappa shape index (κ2) is 9.23. The first-order valence-electron chi connectivity index (χ1n) is 11.3. The van der Waals surface area contributed by atoms with Gasteiger partial charge >= 0.3 is 6.02 Å². The van der Waals surface area contributed by atoms with E-state index in [2.05, 4.69) is 23.2 Å². The van der Waals surface area contributed by atoms with Gasteiger partial charge in [-0.15, -0.1) is 0 Å². The number of aliphatic imine (C=N–C) groups is 2. The second-order valence-electron chi connectivity index (χ2n) is 8.15. The maximum atomic E-state index is 5.77. The largest absolute Gasteiger partial charge is 0.493 e. The molecule has 1 aromatic heterocycles. The molecule has 0 aliphatic carbocycles. The number of rotatable bonds is 4. The molecule has 2 atom stereocenters. The maximum absolute atomic E-state index is 5.77. The lowest BCUT2D eigenvalue weighted by atomic mass is 9.98. The van der Waals surface area contributed by atoms with Gasteiger partial charge in [0.05, 0.1) is 31.8 Å². The van der Waals surface area contributed by atoms with Gasteiger partial charge in [0.25, 0.3) is 0 Å². The summed E-state index contributed by atoms with van der Waals surface area (Å²) in [6, 6.07) is 8.47. The number of benzene rings is 1. The molecule has 4 heterocycles. The molecule has 9 heteroatoms. The standard InChI is InChI=1S/C24H29N5O3S/c1-5-32-24-27-20-19-14(2)12-16(15-6-7-17(30-3)18(13-15)31-4)26-23(19)33-21(20)22(28-24)29-10-8-25-9-11-29/h6-7,12-13,20-21,25H,5,8-11H2,1-4H3. The maximum Gasteiger partial charge on any atom is 0.314 e. The van der Waals surface area contributed by atoms with Crippen molar-refractivity contribution in [3.8, 4) is 22.8 Å². The zero-order valence-corrected chi connectivity index (χ0v) is 20.2. The number of nitrogens with one attached hydrogen (secondary N) is 1. The van der Waals surface area contributed by atoms with Gasteiger partial charge < -0.3 is 24.4 Å². The smallest absolute Gasteiger partial charge is 0.314 e. The molecule has 1 fully saturated rings. The van der Waals surface area contributed by atoms with E-state index in [1.54, 1.807) is 26.0 Å². The molecule has 2 unspecified atom stereocenters. The van der Waals surface area contributed by atoms with Gasteiger partial charge in [-0.1, -0.05) is 11.8 Å². The van der Waals surface area contributed by atoms with Crippen LogP contribution in [0.1, 0.15) is 24.1 Å². The van der Waals surface area contributed by atoms with Crippen molar-refractivity contribution >= 4 is 23.6 Å².